The molecule has 0 bridgehead atoms. The lowest BCUT2D eigenvalue weighted by atomic mass is 10.3. The molecule has 0 saturated carbocycles. The van der Waals surface area contributed by atoms with Gasteiger partial charge in [-0.05, 0) is 12.1 Å². The molecule has 0 saturated heterocycles. The number of aldehydes is 1. The second-order valence-corrected chi connectivity index (χ2v) is 4.28. The Morgan fingerprint density at radius 2 is 2.44 bits per heavy atom. The average molecular weight is 236 g/mol. The maximum atomic E-state index is 10.2. The lowest BCUT2D eigenvalue weighted by molar-refractivity contribution is -0.107. The average Bonchev–Trinajstić information content (AvgIpc) is 2.94. The molecule has 0 atom stereocenters. The van der Waals surface area contributed by atoms with Gasteiger partial charge < -0.3 is 14.5 Å². The Morgan fingerprint density at radius 1 is 1.56 bits per heavy atom. The van der Waals surface area contributed by atoms with Crippen LogP contribution >= 0.6 is 11.3 Å². The van der Waals surface area contributed by atoms with Crippen LogP contribution in [0.4, 0.5) is 5.13 Å². The Bertz CT molecular complexity index is 476. The zero-order chi connectivity index (χ0) is 11.4. The summed E-state index contributed by atoms with van der Waals surface area (Å²) in [5.41, 5.74) is 0. The largest absolute Gasteiger partial charge is 0.460 e. The number of thiazole rings is 1. The SMILES string of the molecule is CNc1ncc(-c2ccc(CCC=O)o2)s1. The number of aryl methyl sites for hydroxylation is 1. The Morgan fingerprint density at radius 3 is 3.12 bits per heavy atom. The molecule has 84 valence electrons. The highest BCUT2D eigenvalue weighted by Gasteiger charge is 2.08. The monoisotopic (exact) mass is 236 g/mol. The van der Waals surface area contributed by atoms with Crippen molar-refractivity contribution in [3.8, 4) is 10.6 Å². The van der Waals surface area contributed by atoms with Gasteiger partial charge in [-0.1, -0.05) is 11.3 Å². The summed E-state index contributed by atoms with van der Waals surface area (Å²) in [7, 11) is 1.83. The van der Waals surface area contributed by atoms with Crippen molar-refractivity contribution >= 4 is 22.8 Å². The summed E-state index contributed by atoms with van der Waals surface area (Å²) in [5, 5.41) is 3.84. The predicted molar refractivity (Wildman–Crippen MR) is 63.7 cm³/mol. The fourth-order valence-electron chi connectivity index (χ4n) is 1.35. The molecule has 0 spiro atoms. The van der Waals surface area contributed by atoms with Crippen LogP contribution in [-0.2, 0) is 11.2 Å². The van der Waals surface area contributed by atoms with Crippen LogP contribution in [-0.4, -0.2) is 18.3 Å². The number of hydrogen-bond donors (Lipinski definition) is 1. The number of rotatable bonds is 5. The van der Waals surface area contributed by atoms with Crippen LogP contribution in [0.2, 0.25) is 0 Å². The summed E-state index contributed by atoms with van der Waals surface area (Å²) in [6.45, 7) is 0. The van der Waals surface area contributed by atoms with Crippen LogP contribution in [0.25, 0.3) is 10.6 Å². The topological polar surface area (TPSA) is 55.1 Å². The van der Waals surface area contributed by atoms with E-state index < -0.39 is 0 Å². The van der Waals surface area contributed by atoms with Gasteiger partial charge in [0.1, 0.15) is 17.8 Å². The van der Waals surface area contributed by atoms with E-state index >= 15 is 0 Å². The quantitative estimate of drug-likeness (QED) is 0.811. The summed E-state index contributed by atoms with van der Waals surface area (Å²) in [6, 6.07) is 3.81. The number of carbonyl (C=O) groups excluding carboxylic acids is 1. The number of nitrogens with zero attached hydrogens (tertiary/aromatic N) is 1. The van der Waals surface area contributed by atoms with Gasteiger partial charge in [0.25, 0.3) is 0 Å². The maximum Gasteiger partial charge on any atom is 0.183 e. The summed E-state index contributed by atoms with van der Waals surface area (Å²) in [5.74, 6) is 1.64. The van der Waals surface area contributed by atoms with Gasteiger partial charge in [0.2, 0.25) is 0 Å². The van der Waals surface area contributed by atoms with Gasteiger partial charge in [0.05, 0.1) is 11.1 Å². The molecule has 1 N–H and O–H groups in total. The molecule has 2 aromatic heterocycles. The second-order valence-electron chi connectivity index (χ2n) is 3.25. The van der Waals surface area contributed by atoms with Crippen molar-refractivity contribution in [1.29, 1.82) is 0 Å². The molecule has 5 heteroatoms. The minimum absolute atomic E-state index is 0.497. The molecule has 2 rings (SSSR count). The molecule has 0 aromatic carbocycles. The highest BCUT2D eigenvalue weighted by Crippen LogP contribution is 2.30. The van der Waals surface area contributed by atoms with Crippen molar-refractivity contribution < 1.29 is 9.21 Å². The number of hydrogen-bond acceptors (Lipinski definition) is 5. The van der Waals surface area contributed by atoms with Gasteiger partial charge in [-0.2, -0.15) is 0 Å². The zero-order valence-corrected chi connectivity index (χ0v) is 9.71. The Kier molecular flexibility index (Phi) is 3.36. The molecule has 0 aliphatic heterocycles. The van der Waals surface area contributed by atoms with Crippen LogP contribution < -0.4 is 5.32 Å². The number of anilines is 1. The second kappa shape index (κ2) is 4.94. The van der Waals surface area contributed by atoms with E-state index in [2.05, 4.69) is 10.3 Å². The molecular formula is C11H12N2O2S. The first-order valence-electron chi connectivity index (χ1n) is 5.00. The first-order chi connectivity index (χ1) is 7.83. The van der Waals surface area contributed by atoms with Crippen LogP contribution in [0.15, 0.2) is 22.7 Å². The molecule has 0 aliphatic rings. The molecule has 0 aliphatic carbocycles. The Labute approximate surface area is 97.3 Å². The summed E-state index contributed by atoms with van der Waals surface area (Å²) in [4.78, 5) is 15.4. The lowest BCUT2D eigenvalue weighted by Crippen LogP contribution is -1.83. The fraction of sp³-hybridized carbons (Fsp3) is 0.273. The normalized spacial score (nSPS) is 10.3. The van der Waals surface area contributed by atoms with Gasteiger partial charge in [0, 0.05) is 19.9 Å². The minimum Gasteiger partial charge on any atom is -0.460 e. The summed E-state index contributed by atoms with van der Waals surface area (Å²) >= 11 is 1.54. The number of nitrogens with one attached hydrogen (secondary N) is 1. The summed E-state index contributed by atoms with van der Waals surface area (Å²) < 4.78 is 5.61. The molecule has 16 heavy (non-hydrogen) atoms. The van der Waals surface area contributed by atoms with Gasteiger partial charge in [-0.15, -0.1) is 0 Å². The van der Waals surface area contributed by atoms with E-state index in [0.717, 1.165) is 27.8 Å². The third-order valence-corrected chi connectivity index (χ3v) is 3.16. The first kappa shape index (κ1) is 10.9. The summed E-state index contributed by atoms with van der Waals surface area (Å²) in [6.07, 6.45) is 3.82. The van der Waals surface area contributed by atoms with Crippen LogP contribution in [0.3, 0.4) is 0 Å². The van der Waals surface area contributed by atoms with Crippen LogP contribution in [0.5, 0.6) is 0 Å². The van der Waals surface area contributed by atoms with E-state index in [4.69, 9.17) is 4.42 Å². The van der Waals surface area contributed by atoms with E-state index in [9.17, 15) is 4.79 Å². The molecule has 2 aromatic rings. The van der Waals surface area contributed by atoms with Crippen molar-refractivity contribution in [3.63, 3.8) is 0 Å². The van der Waals surface area contributed by atoms with E-state index in [-0.39, 0.29) is 0 Å². The molecule has 2 heterocycles. The standard InChI is InChI=1S/C11H12N2O2S/c1-12-11-13-7-10(16-11)9-5-4-8(15-9)3-2-6-14/h4-7H,2-3H2,1H3,(H,12,13). The van der Waals surface area contributed by atoms with E-state index in [0.29, 0.717) is 12.8 Å². The maximum absolute atomic E-state index is 10.2. The van der Waals surface area contributed by atoms with Crippen molar-refractivity contribution in [1.82, 2.24) is 4.98 Å². The highest BCUT2D eigenvalue weighted by atomic mass is 32.1. The van der Waals surface area contributed by atoms with Crippen LogP contribution in [0, 0.1) is 0 Å². The number of carbonyl (C=O) groups is 1. The Balaban J connectivity index is 2.14. The minimum atomic E-state index is 0.497. The third-order valence-electron chi connectivity index (χ3n) is 2.13. The lowest BCUT2D eigenvalue weighted by Gasteiger charge is -1.91. The van der Waals surface area contributed by atoms with E-state index in [1.807, 2.05) is 19.2 Å². The van der Waals surface area contributed by atoms with Crippen molar-refractivity contribution in [2.75, 3.05) is 12.4 Å². The predicted octanol–water partition coefficient (Wildman–Crippen LogP) is 2.58. The van der Waals surface area contributed by atoms with E-state index in [1.165, 1.54) is 11.3 Å². The number of aromatic nitrogens is 1. The third kappa shape index (κ3) is 2.30. The molecule has 0 fully saturated rings. The smallest absolute Gasteiger partial charge is 0.183 e. The zero-order valence-electron chi connectivity index (χ0n) is 8.90. The van der Waals surface area contributed by atoms with Gasteiger partial charge in [-0.25, -0.2) is 4.98 Å². The fourth-order valence-corrected chi connectivity index (χ4v) is 2.08. The van der Waals surface area contributed by atoms with Crippen molar-refractivity contribution in [2.24, 2.45) is 0 Å². The van der Waals surface area contributed by atoms with Gasteiger partial charge in [0.15, 0.2) is 5.13 Å². The first-order valence-corrected chi connectivity index (χ1v) is 5.81. The molecule has 0 radical (unpaired) electrons. The molecule has 4 nitrogen and oxygen atoms in total. The van der Waals surface area contributed by atoms with Crippen LogP contribution in [0.1, 0.15) is 12.2 Å². The van der Waals surface area contributed by atoms with Crippen molar-refractivity contribution in [3.05, 3.63) is 24.1 Å². The highest BCUT2D eigenvalue weighted by molar-refractivity contribution is 7.18. The Hall–Kier alpha value is -1.62. The molecule has 0 amide bonds. The molecular weight excluding hydrogens is 224 g/mol. The van der Waals surface area contributed by atoms with E-state index in [1.54, 1.807) is 6.20 Å². The van der Waals surface area contributed by atoms with Gasteiger partial charge >= 0.3 is 0 Å². The van der Waals surface area contributed by atoms with Crippen molar-refractivity contribution in [2.45, 2.75) is 12.8 Å². The number of furan rings is 1. The molecule has 0 unspecified atom stereocenters. The van der Waals surface area contributed by atoms with Gasteiger partial charge in [-0.3, -0.25) is 0 Å².